The van der Waals surface area contributed by atoms with Gasteiger partial charge in [0, 0.05) is 28.8 Å². The Morgan fingerprint density at radius 2 is 1.86 bits per heavy atom. The van der Waals surface area contributed by atoms with Crippen LogP contribution in [-0.2, 0) is 5.41 Å². The highest BCUT2D eigenvalue weighted by Crippen LogP contribution is 2.40. The molecule has 1 N–H and O–H groups in total. The summed E-state index contributed by atoms with van der Waals surface area (Å²) < 4.78 is 35.8. The van der Waals surface area contributed by atoms with Gasteiger partial charge in [-0.2, -0.15) is 14.6 Å². The van der Waals surface area contributed by atoms with E-state index >= 15 is 0 Å². The maximum absolute atomic E-state index is 14.3. The van der Waals surface area contributed by atoms with Crippen molar-refractivity contribution in [2.45, 2.75) is 19.3 Å². The molecule has 5 rings (SSSR count). The largest absolute Gasteiger partial charge is 0.492 e. The summed E-state index contributed by atoms with van der Waals surface area (Å²) in [7, 11) is 0. The summed E-state index contributed by atoms with van der Waals surface area (Å²) in [6.07, 6.45) is 1.55. The van der Waals surface area contributed by atoms with Crippen LogP contribution in [0.25, 0.3) is 17.0 Å². The fourth-order valence-electron chi connectivity index (χ4n) is 3.47. The average Bonchev–Trinajstić information content (AvgIpc) is 3.26. The van der Waals surface area contributed by atoms with Gasteiger partial charge in [0.15, 0.2) is 11.5 Å². The summed E-state index contributed by atoms with van der Waals surface area (Å²) in [6.45, 7) is 4.86. The number of nitrogens with one attached hydrogen (secondary N) is 1. The lowest BCUT2D eigenvalue weighted by Gasteiger charge is -2.15. The number of fused-ring (bicyclic) bond motifs is 2. The fourth-order valence-corrected chi connectivity index (χ4v) is 3.47. The Bertz CT molecular complexity index is 1230. The summed E-state index contributed by atoms with van der Waals surface area (Å²) in [5.41, 5.74) is 1.94. The van der Waals surface area contributed by atoms with Gasteiger partial charge in [-0.1, -0.05) is 26.0 Å². The molecule has 0 saturated carbocycles. The predicted octanol–water partition coefficient (Wildman–Crippen LogP) is 4.48. The number of benzene rings is 2. The van der Waals surface area contributed by atoms with E-state index in [1.165, 1.54) is 22.7 Å². The van der Waals surface area contributed by atoms with Gasteiger partial charge in [0.05, 0.1) is 18.4 Å². The molecule has 0 atom stereocenters. The van der Waals surface area contributed by atoms with Crippen molar-refractivity contribution < 1.29 is 13.5 Å². The molecule has 0 unspecified atom stereocenters. The first-order valence-corrected chi connectivity index (χ1v) is 9.13. The van der Waals surface area contributed by atoms with Gasteiger partial charge in [-0.25, -0.2) is 13.8 Å². The number of anilines is 2. The van der Waals surface area contributed by atoms with Crippen LogP contribution in [0.3, 0.4) is 0 Å². The molecule has 0 saturated heterocycles. The highest BCUT2D eigenvalue weighted by molar-refractivity contribution is 5.65. The van der Waals surface area contributed by atoms with Crippen LogP contribution in [0.1, 0.15) is 19.4 Å². The van der Waals surface area contributed by atoms with Crippen molar-refractivity contribution in [1.29, 1.82) is 0 Å². The minimum atomic E-state index is -0.729. The van der Waals surface area contributed by atoms with Gasteiger partial charge in [-0.3, -0.25) is 0 Å². The number of aromatic nitrogens is 4. The van der Waals surface area contributed by atoms with Gasteiger partial charge in [-0.05, 0) is 18.2 Å². The number of nitrogens with zero attached hydrogens (tertiary/aromatic N) is 4. The third-order valence-electron chi connectivity index (χ3n) is 5.00. The summed E-state index contributed by atoms with van der Waals surface area (Å²) in [6, 6.07) is 11.1. The number of hydrogen-bond donors (Lipinski definition) is 1. The number of hydrogen-bond acceptors (Lipinski definition) is 5. The molecule has 0 amide bonds. The molecule has 1 aliphatic rings. The molecule has 29 heavy (non-hydrogen) atoms. The smallest absolute Gasteiger partial charge is 0.232 e. The molecule has 4 aromatic rings. The van der Waals surface area contributed by atoms with Crippen molar-refractivity contribution in [3.8, 4) is 17.1 Å². The van der Waals surface area contributed by atoms with E-state index < -0.39 is 11.6 Å². The Morgan fingerprint density at radius 3 is 2.66 bits per heavy atom. The molecule has 0 spiro atoms. The molecule has 0 radical (unpaired) electrons. The number of rotatable bonds is 3. The zero-order valence-corrected chi connectivity index (χ0v) is 15.8. The fraction of sp³-hybridized carbons (Fsp3) is 0.190. The Hall–Kier alpha value is -3.55. The van der Waals surface area contributed by atoms with Crippen LogP contribution in [0, 0.1) is 11.6 Å². The van der Waals surface area contributed by atoms with Gasteiger partial charge in [-0.15, -0.1) is 0 Å². The SMILES string of the molecule is CC1(C)COc2cc(Nc3nc(-c4c(F)cccc4F)nc4ccnn34)ccc21. The summed E-state index contributed by atoms with van der Waals surface area (Å²) in [4.78, 5) is 8.59. The first-order valence-electron chi connectivity index (χ1n) is 9.13. The van der Waals surface area contributed by atoms with E-state index in [0.717, 1.165) is 17.0 Å². The third kappa shape index (κ3) is 2.88. The minimum Gasteiger partial charge on any atom is -0.492 e. The van der Waals surface area contributed by atoms with Gasteiger partial charge >= 0.3 is 0 Å². The third-order valence-corrected chi connectivity index (χ3v) is 5.00. The Kier molecular flexibility index (Phi) is 3.77. The molecular formula is C21H17F2N5O. The van der Waals surface area contributed by atoms with E-state index in [-0.39, 0.29) is 22.8 Å². The maximum atomic E-state index is 14.3. The topological polar surface area (TPSA) is 64.3 Å². The zero-order valence-electron chi connectivity index (χ0n) is 15.8. The predicted molar refractivity (Wildman–Crippen MR) is 104 cm³/mol. The highest BCUT2D eigenvalue weighted by atomic mass is 19.1. The van der Waals surface area contributed by atoms with Crippen molar-refractivity contribution in [2.75, 3.05) is 11.9 Å². The van der Waals surface area contributed by atoms with Crippen molar-refractivity contribution in [1.82, 2.24) is 19.6 Å². The van der Waals surface area contributed by atoms with Crippen molar-refractivity contribution in [3.05, 3.63) is 65.9 Å². The van der Waals surface area contributed by atoms with Crippen LogP contribution < -0.4 is 10.1 Å². The second-order valence-corrected chi connectivity index (χ2v) is 7.58. The molecule has 2 aromatic carbocycles. The van der Waals surface area contributed by atoms with Crippen LogP contribution >= 0.6 is 0 Å². The molecule has 146 valence electrons. The highest BCUT2D eigenvalue weighted by Gasteiger charge is 2.31. The van der Waals surface area contributed by atoms with E-state index in [2.05, 4.69) is 34.2 Å². The Labute approximate surface area is 165 Å². The molecule has 0 bridgehead atoms. The molecule has 1 aliphatic heterocycles. The van der Waals surface area contributed by atoms with Crippen molar-refractivity contribution >= 4 is 17.3 Å². The second kappa shape index (κ2) is 6.23. The van der Waals surface area contributed by atoms with Crippen molar-refractivity contribution in [3.63, 3.8) is 0 Å². The maximum Gasteiger partial charge on any atom is 0.232 e. The standard InChI is InChI=1S/C21H17F2N5O/c1-21(2)11-29-16-10-12(6-7-13(16)21)25-20-27-19(26-17-8-9-24-28(17)20)18-14(22)4-3-5-15(18)23/h3-10H,11H2,1-2H3,(H,25,26,27). The first kappa shape index (κ1) is 17.5. The first-order chi connectivity index (χ1) is 13.9. The summed E-state index contributed by atoms with van der Waals surface area (Å²) in [5, 5.41) is 7.36. The van der Waals surface area contributed by atoms with E-state index in [9.17, 15) is 8.78 Å². The van der Waals surface area contributed by atoms with Crippen LogP contribution in [0.4, 0.5) is 20.4 Å². The van der Waals surface area contributed by atoms with Gasteiger partial charge in [0.1, 0.15) is 17.4 Å². The molecule has 2 aromatic heterocycles. The monoisotopic (exact) mass is 393 g/mol. The number of halogens is 2. The quantitative estimate of drug-likeness (QED) is 0.556. The molecular weight excluding hydrogens is 376 g/mol. The van der Waals surface area contributed by atoms with E-state index in [0.29, 0.717) is 12.3 Å². The lowest BCUT2D eigenvalue weighted by molar-refractivity contribution is 0.291. The summed E-state index contributed by atoms with van der Waals surface area (Å²) in [5.74, 6) is -0.434. The van der Waals surface area contributed by atoms with Gasteiger partial charge in [0.2, 0.25) is 5.95 Å². The number of ether oxygens (including phenoxy) is 1. The lowest BCUT2D eigenvalue weighted by atomic mass is 9.87. The Balaban J connectivity index is 1.60. The normalized spacial score (nSPS) is 14.6. The van der Waals surface area contributed by atoms with Crippen LogP contribution in [-0.4, -0.2) is 26.2 Å². The molecule has 8 heteroatoms. The minimum absolute atomic E-state index is 0.0481. The Morgan fingerprint density at radius 1 is 1.07 bits per heavy atom. The lowest BCUT2D eigenvalue weighted by Crippen LogP contribution is -2.18. The molecule has 0 fully saturated rings. The molecule has 0 aliphatic carbocycles. The second-order valence-electron chi connectivity index (χ2n) is 7.58. The van der Waals surface area contributed by atoms with E-state index in [4.69, 9.17) is 4.74 Å². The van der Waals surface area contributed by atoms with E-state index in [1.807, 2.05) is 18.2 Å². The zero-order chi connectivity index (χ0) is 20.2. The van der Waals surface area contributed by atoms with Crippen molar-refractivity contribution in [2.24, 2.45) is 0 Å². The average molecular weight is 393 g/mol. The van der Waals surface area contributed by atoms with Crippen LogP contribution in [0.5, 0.6) is 5.75 Å². The summed E-state index contributed by atoms with van der Waals surface area (Å²) >= 11 is 0. The van der Waals surface area contributed by atoms with Gasteiger partial charge < -0.3 is 10.1 Å². The van der Waals surface area contributed by atoms with Crippen LogP contribution in [0.15, 0.2) is 48.7 Å². The molecule has 3 heterocycles. The van der Waals surface area contributed by atoms with E-state index in [1.54, 1.807) is 12.3 Å². The van der Waals surface area contributed by atoms with Crippen LogP contribution in [0.2, 0.25) is 0 Å². The van der Waals surface area contributed by atoms with Gasteiger partial charge in [0.25, 0.3) is 0 Å². The molecule has 6 nitrogen and oxygen atoms in total.